The molecule has 0 aliphatic carbocycles. The first-order valence-corrected chi connectivity index (χ1v) is 6.47. The van der Waals surface area contributed by atoms with Gasteiger partial charge in [0.05, 0.1) is 7.11 Å². The molecule has 0 radical (unpaired) electrons. The molecule has 0 spiro atoms. The molecule has 1 atom stereocenters. The van der Waals surface area contributed by atoms with Crippen LogP contribution in [0.15, 0.2) is 0 Å². The van der Waals surface area contributed by atoms with Crippen molar-refractivity contribution in [3.05, 3.63) is 0 Å². The van der Waals surface area contributed by atoms with Gasteiger partial charge in [0.15, 0.2) is 0 Å². The summed E-state index contributed by atoms with van der Waals surface area (Å²) in [5.41, 5.74) is 0. The topological polar surface area (TPSA) is 92.7 Å². The summed E-state index contributed by atoms with van der Waals surface area (Å²) in [7, 11) is 1.34. The van der Waals surface area contributed by atoms with Gasteiger partial charge in [0.1, 0.15) is 6.04 Å². The number of carbonyl (C=O) groups is 3. The fourth-order valence-electron chi connectivity index (χ4n) is 1.59. The molecule has 1 amide bonds. The predicted molar refractivity (Wildman–Crippen MR) is 69.5 cm³/mol. The summed E-state index contributed by atoms with van der Waals surface area (Å²) in [5, 5.41) is 11.4. The largest absolute Gasteiger partial charge is 0.480 e. The van der Waals surface area contributed by atoms with Crippen LogP contribution in [-0.4, -0.2) is 36.1 Å². The zero-order valence-corrected chi connectivity index (χ0v) is 11.8. The first kappa shape index (κ1) is 17.4. The van der Waals surface area contributed by atoms with Gasteiger partial charge in [-0.05, 0) is 18.8 Å². The molecule has 0 bridgehead atoms. The molecule has 0 fully saturated rings. The fourth-order valence-corrected chi connectivity index (χ4v) is 1.59. The van der Waals surface area contributed by atoms with Crippen LogP contribution in [-0.2, 0) is 19.1 Å². The number of hydrogen-bond donors (Lipinski definition) is 2. The highest BCUT2D eigenvalue weighted by Crippen LogP contribution is 2.06. The molecule has 0 aromatic rings. The maximum atomic E-state index is 11.5. The maximum absolute atomic E-state index is 11.5. The molecule has 0 aromatic heterocycles. The molecular weight excluding hydrogens is 250 g/mol. The molecule has 0 aliphatic heterocycles. The van der Waals surface area contributed by atoms with Crippen molar-refractivity contribution in [2.24, 2.45) is 5.92 Å². The molecule has 0 saturated heterocycles. The van der Waals surface area contributed by atoms with Crippen molar-refractivity contribution in [1.82, 2.24) is 5.32 Å². The third kappa shape index (κ3) is 8.18. The number of methoxy groups -OCH3 is 1. The van der Waals surface area contributed by atoms with Gasteiger partial charge >= 0.3 is 11.9 Å². The van der Waals surface area contributed by atoms with Crippen LogP contribution in [0.2, 0.25) is 0 Å². The Balaban J connectivity index is 3.80. The van der Waals surface area contributed by atoms with E-state index in [1.807, 2.05) is 0 Å². The summed E-state index contributed by atoms with van der Waals surface area (Å²) >= 11 is 0. The number of aliphatic carboxylic acids is 1. The molecule has 19 heavy (non-hydrogen) atoms. The van der Waals surface area contributed by atoms with Crippen molar-refractivity contribution in [3.8, 4) is 0 Å². The van der Waals surface area contributed by atoms with E-state index in [1.54, 1.807) is 13.8 Å². The quantitative estimate of drug-likeness (QED) is 0.488. The molecule has 6 heteroatoms. The van der Waals surface area contributed by atoms with E-state index < -0.39 is 12.0 Å². The number of hydrogen-bond acceptors (Lipinski definition) is 4. The zero-order valence-electron chi connectivity index (χ0n) is 11.8. The van der Waals surface area contributed by atoms with Gasteiger partial charge in [-0.2, -0.15) is 0 Å². The molecule has 0 heterocycles. The second-order valence-corrected chi connectivity index (χ2v) is 4.76. The highest BCUT2D eigenvalue weighted by Gasteiger charge is 2.22. The Labute approximate surface area is 113 Å². The van der Waals surface area contributed by atoms with E-state index in [4.69, 9.17) is 5.11 Å². The summed E-state index contributed by atoms with van der Waals surface area (Å²) < 4.78 is 4.50. The number of esters is 1. The Bertz CT molecular complexity index is 314. The van der Waals surface area contributed by atoms with E-state index in [1.165, 1.54) is 7.11 Å². The molecule has 0 aromatic carbocycles. The standard InChI is InChI=1S/C13H23NO5/c1-9(2)12(13(17)18)14-10(15)7-5-4-6-8-11(16)19-3/h9,12H,4-8H2,1-3H3,(H,14,15)(H,17,18)/t12-/m0/s1. The molecule has 6 nitrogen and oxygen atoms in total. The highest BCUT2D eigenvalue weighted by atomic mass is 16.5. The number of nitrogens with one attached hydrogen (secondary N) is 1. The lowest BCUT2D eigenvalue weighted by molar-refractivity contribution is -0.143. The average molecular weight is 273 g/mol. The Morgan fingerprint density at radius 2 is 1.68 bits per heavy atom. The van der Waals surface area contributed by atoms with Crippen molar-refractivity contribution in [2.75, 3.05) is 7.11 Å². The Morgan fingerprint density at radius 1 is 1.11 bits per heavy atom. The summed E-state index contributed by atoms with van der Waals surface area (Å²) in [6.45, 7) is 3.49. The van der Waals surface area contributed by atoms with Gasteiger partial charge in [-0.1, -0.05) is 20.3 Å². The first-order chi connectivity index (χ1) is 8.88. The van der Waals surface area contributed by atoms with Crippen molar-refractivity contribution >= 4 is 17.8 Å². The lowest BCUT2D eigenvalue weighted by Gasteiger charge is -2.17. The first-order valence-electron chi connectivity index (χ1n) is 6.47. The number of amides is 1. The number of carboxylic acids is 1. The average Bonchev–Trinajstić information content (AvgIpc) is 2.34. The van der Waals surface area contributed by atoms with Crippen molar-refractivity contribution in [2.45, 2.75) is 52.0 Å². The van der Waals surface area contributed by atoms with E-state index in [-0.39, 0.29) is 24.2 Å². The molecular formula is C13H23NO5. The van der Waals surface area contributed by atoms with E-state index >= 15 is 0 Å². The number of ether oxygens (including phenoxy) is 1. The van der Waals surface area contributed by atoms with Crippen molar-refractivity contribution in [3.63, 3.8) is 0 Å². The van der Waals surface area contributed by atoms with E-state index in [2.05, 4.69) is 10.1 Å². The smallest absolute Gasteiger partial charge is 0.326 e. The van der Waals surface area contributed by atoms with Gasteiger partial charge in [0, 0.05) is 12.8 Å². The van der Waals surface area contributed by atoms with Crippen molar-refractivity contribution < 1.29 is 24.2 Å². The minimum atomic E-state index is -1.02. The molecule has 0 aliphatic rings. The van der Waals surface area contributed by atoms with Crippen LogP contribution in [0.4, 0.5) is 0 Å². The predicted octanol–water partition coefficient (Wildman–Crippen LogP) is 1.34. The van der Waals surface area contributed by atoms with Gasteiger partial charge in [0.2, 0.25) is 5.91 Å². The second kappa shape index (κ2) is 9.35. The number of unbranched alkanes of at least 4 members (excludes halogenated alkanes) is 2. The SMILES string of the molecule is COC(=O)CCCCCC(=O)N[C@H](C(=O)O)C(C)C. The highest BCUT2D eigenvalue weighted by molar-refractivity contribution is 5.83. The minimum Gasteiger partial charge on any atom is -0.480 e. The van der Waals surface area contributed by atoms with Crippen LogP contribution in [0.1, 0.15) is 46.0 Å². The molecule has 110 valence electrons. The monoisotopic (exact) mass is 273 g/mol. The van der Waals surface area contributed by atoms with Crippen LogP contribution in [0.25, 0.3) is 0 Å². The molecule has 0 unspecified atom stereocenters. The van der Waals surface area contributed by atoms with Gasteiger partial charge in [-0.15, -0.1) is 0 Å². The minimum absolute atomic E-state index is 0.152. The normalized spacial score (nSPS) is 12.0. The third-order valence-electron chi connectivity index (χ3n) is 2.76. The molecule has 2 N–H and O–H groups in total. The third-order valence-corrected chi connectivity index (χ3v) is 2.76. The summed E-state index contributed by atoms with van der Waals surface area (Å²) in [6.07, 6.45) is 2.67. The van der Waals surface area contributed by atoms with Crippen LogP contribution in [0.5, 0.6) is 0 Å². The van der Waals surface area contributed by atoms with Crippen LogP contribution in [0.3, 0.4) is 0 Å². The Kier molecular flexibility index (Phi) is 8.57. The van der Waals surface area contributed by atoms with E-state index in [0.717, 1.165) is 6.42 Å². The lowest BCUT2D eigenvalue weighted by atomic mass is 10.0. The molecule has 0 saturated carbocycles. The van der Waals surface area contributed by atoms with Gasteiger partial charge in [-0.3, -0.25) is 9.59 Å². The number of carboxylic acid groups (broad SMARTS) is 1. The van der Waals surface area contributed by atoms with Crippen LogP contribution < -0.4 is 5.32 Å². The Hall–Kier alpha value is -1.59. The zero-order chi connectivity index (χ0) is 14.8. The van der Waals surface area contributed by atoms with Crippen LogP contribution in [0, 0.1) is 5.92 Å². The second-order valence-electron chi connectivity index (χ2n) is 4.76. The number of rotatable bonds is 9. The maximum Gasteiger partial charge on any atom is 0.326 e. The van der Waals surface area contributed by atoms with Gasteiger partial charge < -0.3 is 15.2 Å². The van der Waals surface area contributed by atoms with Crippen molar-refractivity contribution in [1.29, 1.82) is 0 Å². The van der Waals surface area contributed by atoms with E-state index in [9.17, 15) is 14.4 Å². The van der Waals surface area contributed by atoms with Crippen LogP contribution >= 0.6 is 0 Å². The fraction of sp³-hybridized carbons (Fsp3) is 0.769. The lowest BCUT2D eigenvalue weighted by Crippen LogP contribution is -2.44. The molecule has 0 rings (SSSR count). The Morgan fingerprint density at radius 3 is 2.16 bits per heavy atom. The van der Waals surface area contributed by atoms with Gasteiger partial charge in [-0.25, -0.2) is 4.79 Å². The van der Waals surface area contributed by atoms with Gasteiger partial charge in [0.25, 0.3) is 0 Å². The summed E-state index contributed by atoms with van der Waals surface area (Å²) in [5.74, 6) is -1.69. The van der Waals surface area contributed by atoms with E-state index in [0.29, 0.717) is 19.3 Å². The summed E-state index contributed by atoms with van der Waals surface area (Å²) in [4.78, 5) is 33.3. The number of carbonyl (C=O) groups excluding carboxylic acids is 2. The summed E-state index contributed by atoms with van der Waals surface area (Å²) in [6, 6.07) is -0.845.